The molecule has 3 aromatic rings. The molecule has 0 saturated carbocycles. The summed E-state index contributed by atoms with van der Waals surface area (Å²) in [5.74, 6) is 0. The highest BCUT2D eigenvalue weighted by atomic mass is 79.9. The second kappa shape index (κ2) is 4.78. The Bertz CT molecular complexity index is 663. The van der Waals surface area contributed by atoms with E-state index in [2.05, 4.69) is 43.6 Å². The Morgan fingerprint density at radius 1 is 1.22 bits per heavy atom. The number of aromatic nitrogens is 3. The van der Waals surface area contributed by atoms with E-state index in [4.69, 9.17) is 0 Å². The molecule has 0 unspecified atom stereocenters. The first-order chi connectivity index (χ1) is 8.83. The first-order valence-corrected chi connectivity index (χ1v) is 6.39. The van der Waals surface area contributed by atoms with Gasteiger partial charge in [0.05, 0.1) is 5.69 Å². The van der Waals surface area contributed by atoms with Gasteiger partial charge < -0.3 is 5.32 Å². The van der Waals surface area contributed by atoms with Crippen molar-refractivity contribution in [3.8, 4) is 0 Å². The van der Waals surface area contributed by atoms with Gasteiger partial charge in [0.15, 0.2) is 5.65 Å². The summed E-state index contributed by atoms with van der Waals surface area (Å²) in [6.45, 7) is 0.764. The Morgan fingerprint density at radius 2 is 2.06 bits per heavy atom. The van der Waals surface area contributed by atoms with Crippen molar-refractivity contribution in [2.45, 2.75) is 6.54 Å². The molecule has 3 rings (SSSR count). The number of anilines is 1. The summed E-state index contributed by atoms with van der Waals surface area (Å²) in [7, 11) is 0. The maximum Gasteiger partial charge on any atom is 0.184 e. The summed E-state index contributed by atoms with van der Waals surface area (Å²) in [6, 6.07) is 12.3. The number of benzene rings is 1. The van der Waals surface area contributed by atoms with E-state index in [1.54, 1.807) is 6.33 Å². The van der Waals surface area contributed by atoms with Gasteiger partial charge in [0.1, 0.15) is 6.33 Å². The van der Waals surface area contributed by atoms with E-state index in [0.29, 0.717) is 0 Å². The highest BCUT2D eigenvalue weighted by Gasteiger charge is 2.04. The molecular weight excluding hydrogens is 292 g/mol. The second-order valence-electron chi connectivity index (χ2n) is 3.97. The van der Waals surface area contributed by atoms with Gasteiger partial charge in [0, 0.05) is 17.2 Å². The predicted octanol–water partition coefficient (Wildman–Crippen LogP) is 3.10. The zero-order valence-electron chi connectivity index (χ0n) is 9.55. The second-order valence-corrected chi connectivity index (χ2v) is 4.89. The highest BCUT2D eigenvalue weighted by Crippen LogP contribution is 2.21. The van der Waals surface area contributed by atoms with E-state index < -0.39 is 0 Å². The summed E-state index contributed by atoms with van der Waals surface area (Å²) in [5.41, 5.74) is 3.02. The summed E-state index contributed by atoms with van der Waals surface area (Å²) in [5, 5.41) is 11.4. The van der Waals surface area contributed by atoms with Crippen molar-refractivity contribution in [1.82, 2.24) is 14.6 Å². The smallest absolute Gasteiger partial charge is 0.184 e. The van der Waals surface area contributed by atoms with E-state index in [1.165, 1.54) is 5.56 Å². The topological polar surface area (TPSA) is 42.2 Å². The maximum absolute atomic E-state index is 4.10. The largest absolute Gasteiger partial charge is 0.378 e. The normalized spacial score (nSPS) is 10.7. The van der Waals surface area contributed by atoms with Crippen molar-refractivity contribution in [2.75, 3.05) is 5.32 Å². The van der Waals surface area contributed by atoms with Crippen LogP contribution in [-0.4, -0.2) is 14.6 Å². The summed E-state index contributed by atoms with van der Waals surface area (Å²) < 4.78 is 2.88. The molecule has 2 aromatic heterocycles. The van der Waals surface area contributed by atoms with Gasteiger partial charge in [-0.1, -0.05) is 30.3 Å². The molecule has 0 fully saturated rings. The molecule has 0 bridgehead atoms. The molecule has 0 aliphatic rings. The third kappa shape index (κ3) is 2.22. The lowest BCUT2D eigenvalue weighted by molar-refractivity contribution is 1.10. The van der Waals surface area contributed by atoms with Crippen LogP contribution in [0, 0.1) is 0 Å². The van der Waals surface area contributed by atoms with Crippen LogP contribution in [0.1, 0.15) is 5.56 Å². The zero-order chi connectivity index (χ0) is 12.4. The fourth-order valence-electron chi connectivity index (χ4n) is 1.83. The van der Waals surface area contributed by atoms with Crippen molar-refractivity contribution >= 4 is 27.3 Å². The number of nitrogens with zero attached hydrogens (tertiary/aromatic N) is 3. The van der Waals surface area contributed by atoms with Crippen LogP contribution in [0.5, 0.6) is 0 Å². The molecule has 1 N–H and O–H groups in total. The lowest BCUT2D eigenvalue weighted by Gasteiger charge is -2.08. The van der Waals surface area contributed by atoms with Crippen LogP contribution >= 0.6 is 15.9 Å². The van der Waals surface area contributed by atoms with Crippen molar-refractivity contribution in [3.63, 3.8) is 0 Å². The van der Waals surface area contributed by atoms with Crippen molar-refractivity contribution in [1.29, 1.82) is 0 Å². The number of pyridine rings is 1. The van der Waals surface area contributed by atoms with Crippen LogP contribution in [0.3, 0.4) is 0 Å². The van der Waals surface area contributed by atoms with Crippen molar-refractivity contribution < 1.29 is 0 Å². The SMILES string of the molecule is Brc1cc(NCc2ccccc2)c2nncn2c1. The Kier molecular flexibility index (Phi) is 2.98. The van der Waals surface area contributed by atoms with Crippen LogP contribution in [0.25, 0.3) is 5.65 Å². The molecule has 1 aromatic carbocycles. The number of nitrogens with one attached hydrogen (secondary N) is 1. The van der Waals surface area contributed by atoms with Gasteiger partial charge in [-0.3, -0.25) is 4.40 Å². The standard InChI is InChI=1S/C13H11BrN4/c14-11-6-12(13-17-16-9-18(13)8-11)15-7-10-4-2-1-3-5-10/h1-6,8-9,15H,7H2. The number of fused-ring (bicyclic) bond motifs is 1. The summed E-state index contributed by atoms with van der Waals surface area (Å²) in [4.78, 5) is 0. The fraction of sp³-hybridized carbons (Fsp3) is 0.0769. The predicted molar refractivity (Wildman–Crippen MR) is 74.5 cm³/mol. The van der Waals surface area contributed by atoms with Gasteiger partial charge in [0.2, 0.25) is 0 Å². The third-order valence-electron chi connectivity index (χ3n) is 2.68. The number of halogens is 1. The summed E-state index contributed by atoms with van der Waals surface area (Å²) >= 11 is 3.48. The minimum absolute atomic E-state index is 0.764. The quantitative estimate of drug-likeness (QED) is 0.808. The molecule has 0 aliphatic heterocycles. The van der Waals surface area contributed by atoms with Gasteiger partial charge in [-0.15, -0.1) is 10.2 Å². The minimum Gasteiger partial charge on any atom is -0.378 e. The lowest BCUT2D eigenvalue weighted by Crippen LogP contribution is -2.01. The average molecular weight is 303 g/mol. The maximum atomic E-state index is 4.10. The van der Waals surface area contributed by atoms with Gasteiger partial charge in [-0.05, 0) is 27.6 Å². The monoisotopic (exact) mass is 302 g/mol. The van der Waals surface area contributed by atoms with E-state index in [-0.39, 0.29) is 0 Å². The molecule has 18 heavy (non-hydrogen) atoms. The average Bonchev–Trinajstić information content (AvgIpc) is 2.85. The van der Waals surface area contributed by atoms with Crippen LogP contribution in [0.15, 0.2) is 53.4 Å². The van der Waals surface area contributed by atoms with E-state index in [0.717, 1.165) is 22.4 Å². The van der Waals surface area contributed by atoms with Gasteiger partial charge in [0.25, 0.3) is 0 Å². The summed E-state index contributed by atoms with van der Waals surface area (Å²) in [6.07, 6.45) is 3.62. The van der Waals surface area contributed by atoms with Crippen molar-refractivity contribution in [3.05, 3.63) is 59.0 Å². The Labute approximate surface area is 113 Å². The molecule has 0 saturated heterocycles. The Balaban J connectivity index is 1.88. The first kappa shape index (κ1) is 11.2. The fourth-order valence-corrected chi connectivity index (χ4v) is 2.28. The molecular formula is C13H11BrN4. The van der Waals surface area contributed by atoms with Crippen LogP contribution < -0.4 is 5.32 Å². The molecule has 0 radical (unpaired) electrons. The van der Waals surface area contributed by atoms with E-state index >= 15 is 0 Å². The van der Waals surface area contributed by atoms with E-state index in [9.17, 15) is 0 Å². The molecule has 0 atom stereocenters. The molecule has 5 heteroatoms. The van der Waals surface area contributed by atoms with Gasteiger partial charge >= 0.3 is 0 Å². The van der Waals surface area contributed by atoms with Crippen LogP contribution in [0.4, 0.5) is 5.69 Å². The van der Waals surface area contributed by atoms with Crippen LogP contribution in [-0.2, 0) is 6.54 Å². The highest BCUT2D eigenvalue weighted by molar-refractivity contribution is 9.10. The molecule has 0 aliphatic carbocycles. The zero-order valence-corrected chi connectivity index (χ0v) is 11.1. The van der Waals surface area contributed by atoms with Gasteiger partial charge in [-0.2, -0.15) is 0 Å². The molecule has 2 heterocycles. The van der Waals surface area contributed by atoms with Crippen molar-refractivity contribution in [2.24, 2.45) is 0 Å². The van der Waals surface area contributed by atoms with E-state index in [1.807, 2.05) is 34.9 Å². The lowest BCUT2D eigenvalue weighted by atomic mass is 10.2. The first-order valence-electron chi connectivity index (χ1n) is 5.59. The Morgan fingerprint density at radius 3 is 2.89 bits per heavy atom. The number of hydrogen-bond donors (Lipinski definition) is 1. The minimum atomic E-state index is 0.764. The molecule has 0 spiro atoms. The molecule has 90 valence electrons. The molecule has 0 amide bonds. The van der Waals surface area contributed by atoms with Gasteiger partial charge in [-0.25, -0.2) is 0 Å². The third-order valence-corrected chi connectivity index (χ3v) is 3.12. The Hall–Kier alpha value is -1.88. The molecule has 4 nitrogen and oxygen atoms in total. The number of hydrogen-bond acceptors (Lipinski definition) is 3. The van der Waals surface area contributed by atoms with Crippen LogP contribution in [0.2, 0.25) is 0 Å². The number of rotatable bonds is 3.